The van der Waals surface area contributed by atoms with Crippen LogP contribution in [0.4, 0.5) is 13.2 Å². The van der Waals surface area contributed by atoms with Crippen LogP contribution in [-0.4, -0.2) is 70.3 Å². The zero-order chi connectivity index (χ0) is 33.4. The minimum absolute atomic E-state index is 0.0286. The molecule has 0 saturated heterocycles. The largest absolute Gasteiger partial charge is 0.494 e. The van der Waals surface area contributed by atoms with Crippen molar-refractivity contribution < 1.29 is 37.3 Å². The van der Waals surface area contributed by atoms with E-state index in [1.807, 2.05) is 10.9 Å². The van der Waals surface area contributed by atoms with Crippen LogP contribution in [0.5, 0.6) is 11.5 Å². The molecule has 3 N–H and O–H groups in total. The van der Waals surface area contributed by atoms with Crippen molar-refractivity contribution in [2.45, 2.75) is 49.2 Å². The summed E-state index contributed by atoms with van der Waals surface area (Å²) in [5.74, 6) is -2.58. The number of amides is 2. The first-order valence-corrected chi connectivity index (χ1v) is 15.5. The summed E-state index contributed by atoms with van der Waals surface area (Å²) in [5.41, 5.74) is 1.98. The highest BCUT2D eigenvalue weighted by molar-refractivity contribution is 6.31. The quantitative estimate of drug-likeness (QED) is 0.243. The second kappa shape index (κ2) is 11.1. The monoisotopic (exact) mass is 669 g/mol. The molecule has 246 valence electrons. The van der Waals surface area contributed by atoms with Crippen molar-refractivity contribution in [2.75, 3.05) is 27.3 Å². The van der Waals surface area contributed by atoms with Crippen LogP contribution in [0.1, 0.15) is 53.3 Å². The lowest BCUT2D eigenvalue weighted by Crippen LogP contribution is -2.49. The molecule has 14 heteroatoms. The number of hydrogen-bond donors (Lipinski definition) is 2. The number of primary amides is 1. The van der Waals surface area contributed by atoms with Crippen molar-refractivity contribution in [2.24, 2.45) is 11.7 Å². The molecule has 2 aromatic heterocycles. The van der Waals surface area contributed by atoms with Gasteiger partial charge in [0.15, 0.2) is 5.41 Å². The zero-order valence-electron chi connectivity index (χ0n) is 25.5. The second-order valence-corrected chi connectivity index (χ2v) is 13.0. The van der Waals surface area contributed by atoms with Gasteiger partial charge in [0.05, 0.1) is 30.4 Å². The van der Waals surface area contributed by atoms with E-state index in [9.17, 15) is 27.9 Å². The topological polar surface area (TPSA) is 133 Å². The Labute approximate surface area is 272 Å². The lowest BCUT2D eigenvalue weighted by atomic mass is 9.79. The predicted octanol–water partition coefficient (Wildman–Crippen LogP) is 4.98. The first-order valence-electron chi connectivity index (χ1n) is 15.1. The van der Waals surface area contributed by atoms with Crippen LogP contribution in [-0.2, 0) is 15.8 Å². The number of methoxy groups -OCH3 is 1. The normalized spacial score (nSPS) is 20.2. The maximum atomic E-state index is 14.7. The molecular formula is C33H31ClF3N5O5. The van der Waals surface area contributed by atoms with Crippen molar-refractivity contribution >= 4 is 34.3 Å². The van der Waals surface area contributed by atoms with Gasteiger partial charge in [-0.1, -0.05) is 11.6 Å². The molecule has 2 amide bonds. The molecule has 2 atom stereocenters. The number of rotatable bonds is 10. The third kappa shape index (κ3) is 5.07. The van der Waals surface area contributed by atoms with Crippen LogP contribution in [0.25, 0.3) is 22.2 Å². The number of alkyl halides is 2. The summed E-state index contributed by atoms with van der Waals surface area (Å²) in [4.78, 5) is 32.5. The van der Waals surface area contributed by atoms with Crippen LogP contribution in [0.15, 0.2) is 42.6 Å². The number of carbonyl (C=O) groups is 2. The van der Waals surface area contributed by atoms with E-state index in [0.717, 1.165) is 24.3 Å². The summed E-state index contributed by atoms with van der Waals surface area (Å²) in [5, 5.41) is 17.4. The van der Waals surface area contributed by atoms with E-state index in [4.69, 9.17) is 26.8 Å². The SMILES string of the molecule is COc1cc(C(=O)N(C)C[C@](O)(c2cc3c(c(-c4ccc(F)c(Cl)c4)n2)OC[C@]3(C(N)=O)C(F)F)C2CC2)cc2cn(C3CC3)nc12. The predicted molar refractivity (Wildman–Crippen MR) is 165 cm³/mol. The number of nitrogens with two attached hydrogens (primary N) is 1. The summed E-state index contributed by atoms with van der Waals surface area (Å²) in [7, 11) is 3.01. The van der Waals surface area contributed by atoms with E-state index in [0.29, 0.717) is 35.7 Å². The van der Waals surface area contributed by atoms with Crippen molar-refractivity contribution in [1.29, 1.82) is 0 Å². The minimum Gasteiger partial charge on any atom is -0.494 e. The summed E-state index contributed by atoms with van der Waals surface area (Å²) < 4.78 is 56.6. The number of benzene rings is 2. The Hall–Kier alpha value is -4.36. The Bertz CT molecular complexity index is 1950. The average molecular weight is 670 g/mol. The van der Waals surface area contributed by atoms with E-state index in [1.165, 1.54) is 37.3 Å². The fraction of sp³-hybridized carbons (Fsp3) is 0.394. The van der Waals surface area contributed by atoms with Gasteiger partial charge in [0.2, 0.25) is 5.91 Å². The summed E-state index contributed by atoms with van der Waals surface area (Å²) in [6.45, 7) is -1.03. The Kier molecular flexibility index (Phi) is 7.39. The summed E-state index contributed by atoms with van der Waals surface area (Å²) in [6, 6.07) is 8.51. The van der Waals surface area contributed by atoms with Gasteiger partial charge >= 0.3 is 0 Å². The van der Waals surface area contributed by atoms with Gasteiger partial charge in [-0.25, -0.2) is 18.2 Å². The standard InChI is InChI=1S/C33H31ClF3N5O5/c1-41(29(43)17-9-18-13-42(20-6-7-20)40-26(18)24(11-17)46-2)14-33(45,19-4-5-19)25-12-21-28(47-15-32(21,30(36)37)31(38)44)27(39-25)16-3-8-23(35)22(34)10-16/h3,8-13,19-20,30,45H,4-7,14-15H2,1-2H3,(H2,38,44)/t32-,33-/m1/s1. The number of aromatic nitrogens is 3. The van der Waals surface area contributed by atoms with Crippen LogP contribution < -0.4 is 15.2 Å². The molecule has 0 bridgehead atoms. The fourth-order valence-electron chi connectivity index (χ4n) is 6.39. The number of fused-ring (bicyclic) bond motifs is 2. The molecule has 3 heterocycles. The highest BCUT2D eigenvalue weighted by atomic mass is 35.5. The molecule has 2 fully saturated rings. The molecule has 2 aliphatic carbocycles. The van der Waals surface area contributed by atoms with Gasteiger partial charge in [-0.3, -0.25) is 14.3 Å². The van der Waals surface area contributed by atoms with Gasteiger partial charge in [0.25, 0.3) is 12.3 Å². The molecule has 4 aromatic rings. The molecule has 10 nitrogen and oxygen atoms in total. The molecule has 47 heavy (non-hydrogen) atoms. The molecule has 7 rings (SSSR count). The number of halogens is 4. The van der Waals surface area contributed by atoms with Crippen molar-refractivity contribution in [3.63, 3.8) is 0 Å². The first kappa shape index (κ1) is 31.3. The molecule has 0 spiro atoms. The number of aliphatic hydroxyl groups is 1. The van der Waals surface area contributed by atoms with Gasteiger partial charge in [0.1, 0.15) is 40.7 Å². The van der Waals surface area contributed by atoms with Crippen molar-refractivity contribution in [3.05, 3.63) is 70.3 Å². The second-order valence-electron chi connectivity index (χ2n) is 12.6. The Balaban J connectivity index is 1.31. The van der Waals surface area contributed by atoms with Gasteiger partial charge in [-0.15, -0.1) is 0 Å². The van der Waals surface area contributed by atoms with Crippen LogP contribution >= 0.6 is 11.6 Å². The number of pyridine rings is 1. The van der Waals surface area contributed by atoms with E-state index in [2.05, 4.69) is 10.1 Å². The molecule has 0 unspecified atom stereocenters. The van der Waals surface area contributed by atoms with Crippen LogP contribution in [0.2, 0.25) is 5.02 Å². The number of likely N-dealkylation sites (N-methyl/N-ethyl adjacent to an activating group) is 1. The van der Waals surface area contributed by atoms with Gasteiger partial charge in [0, 0.05) is 35.3 Å². The molecule has 2 aromatic carbocycles. The van der Waals surface area contributed by atoms with Gasteiger partial charge < -0.3 is 25.2 Å². The number of carbonyl (C=O) groups excluding carboxylic acids is 2. The Morgan fingerprint density at radius 1 is 1.23 bits per heavy atom. The minimum atomic E-state index is -3.26. The van der Waals surface area contributed by atoms with Crippen LogP contribution in [0.3, 0.4) is 0 Å². The third-order valence-corrected chi connectivity index (χ3v) is 9.69. The first-order chi connectivity index (χ1) is 22.4. The van der Waals surface area contributed by atoms with Crippen LogP contribution in [0, 0.1) is 11.7 Å². The number of nitrogens with zero attached hydrogens (tertiary/aromatic N) is 4. The van der Waals surface area contributed by atoms with Gasteiger partial charge in [-0.05, 0) is 68.0 Å². The zero-order valence-corrected chi connectivity index (χ0v) is 26.2. The van der Waals surface area contributed by atoms with E-state index in [-0.39, 0.29) is 39.8 Å². The van der Waals surface area contributed by atoms with Crippen molar-refractivity contribution in [1.82, 2.24) is 19.7 Å². The lowest BCUT2D eigenvalue weighted by molar-refractivity contribution is -0.130. The van der Waals surface area contributed by atoms with Crippen molar-refractivity contribution in [3.8, 4) is 22.8 Å². The van der Waals surface area contributed by atoms with Gasteiger partial charge in [-0.2, -0.15) is 5.10 Å². The number of hydrogen-bond acceptors (Lipinski definition) is 7. The van der Waals surface area contributed by atoms with E-state index >= 15 is 0 Å². The number of ether oxygens (including phenoxy) is 2. The van der Waals surface area contributed by atoms with E-state index < -0.39 is 47.6 Å². The summed E-state index contributed by atoms with van der Waals surface area (Å²) in [6.07, 6.45) is 1.82. The maximum Gasteiger partial charge on any atom is 0.260 e. The Morgan fingerprint density at radius 2 is 1.98 bits per heavy atom. The Morgan fingerprint density at radius 3 is 2.60 bits per heavy atom. The highest BCUT2D eigenvalue weighted by Gasteiger charge is 2.56. The highest BCUT2D eigenvalue weighted by Crippen LogP contribution is 2.52. The van der Waals surface area contributed by atoms with E-state index in [1.54, 1.807) is 12.1 Å². The fourth-order valence-corrected chi connectivity index (χ4v) is 6.57. The molecule has 3 aliphatic rings. The third-order valence-electron chi connectivity index (χ3n) is 9.40. The average Bonchev–Trinajstić information content (AvgIpc) is 3.99. The summed E-state index contributed by atoms with van der Waals surface area (Å²) >= 11 is 6.06. The maximum absolute atomic E-state index is 14.7. The molecular weight excluding hydrogens is 639 g/mol. The smallest absolute Gasteiger partial charge is 0.260 e. The molecule has 2 saturated carbocycles. The molecule has 1 aliphatic heterocycles. The molecule has 0 radical (unpaired) electrons. The lowest BCUT2D eigenvalue weighted by Gasteiger charge is -2.34.